The molecule has 1 fully saturated rings. The standard InChI is InChI=1S/C30H57BN2O19P3S4/c1-30(2,10-16-47-29(35)33-13-18-44-20-19-43-17-12-32-3)59-58-23-45-14-7-8-15-46-28(34)9-5-6-11-31-27-21-25(48-24-57-56-4)26(50-27)22-49-54(39,40)52-55(41,42)51-53(36,37)38/h25-27,32H,5,7-10,12-24H2,1-4H3,(H,33,35)(H,39,40)(H,41,42)(H2,36,37,38)/t25-,26+,27+/m0/s1. The minimum Gasteiger partial charge on any atom is -0.466 e. The van der Waals surface area contributed by atoms with Gasteiger partial charge in [0.15, 0.2) is 0 Å². The lowest BCUT2D eigenvalue weighted by molar-refractivity contribution is -0.143. The van der Waals surface area contributed by atoms with Crippen LogP contribution in [-0.4, -0.2) is 153 Å². The van der Waals surface area contributed by atoms with Crippen LogP contribution in [0.25, 0.3) is 0 Å². The van der Waals surface area contributed by atoms with Gasteiger partial charge < -0.3 is 63.4 Å². The lowest BCUT2D eigenvalue weighted by Gasteiger charge is -2.22. The zero-order valence-electron chi connectivity index (χ0n) is 33.4. The summed E-state index contributed by atoms with van der Waals surface area (Å²) in [5.41, 5.74) is 0. The summed E-state index contributed by atoms with van der Waals surface area (Å²) >= 11 is 0. The fourth-order valence-corrected chi connectivity index (χ4v) is 10.3. The number of nitrogens with one attached hydrogen (secondary N) is 2. The van der Waals surface area contributed by atoms with Crippen LogP contribution in [0.3, 0.4) is 0 Å². The van der Waals surface area contributed by atoms with E-state index in [1.807, 2.05) is 13.3 Å². The van der Waals surface area contributed by atoms with E-state index in [9.17, 15) is 33.1 Å². The third-order valence-electron chi connectivity index (χ3n) is 7.00. The second-order valence-electron chi connectivity index (χ2n) is 12.5. The van der Waals surface area contributed by atoms with E-state index in [0.29, 0.717) is 64.8 Å². The Bertz CT molecular complexity index is 1400. The van der Waals surface area contributed by atoms with E-state index in [1.165, 1.54) is 28.9 Å². The molecule has 29 heteroatoms. The van der Waals surface area contributed by atoms with Crippen LogP contribution >= 0.6 is 66.6 Å². The highest BCUT2D eigenvalue weighted by atomic mass is 33.1. The first-order chi connectivity index (χ1) is 27.9. The van der Waals surface area contributed by atoms with Gasteiger partial charge in [-0.2, -0.15) is 14.4 Å². The number of unbranched alkanes of at least 4 members (excludes halogenated alkanes) is 1. The van der Waals surface area contributed by atoms with E-state index < -0.39 is 60.3 Å². The predicted molar refractivity (Wildman–Crippen MR) is 227 cm³/mol. The van der Waals surface area contributed by atoms with Gasteiger partial charge in [-0.15, -0.1) is 5.92 Å². The van der Waals surface area contributed by atoms with Crippen molar-refractivity contribution in [1.82, 2.24) is 10.6 Å². The van der Waals surface area contributed by atoms with Gasteiger partial charge in [-0.3, -0.25) is 9.32 Å². The Hall–Kier alpha value is -0.0651. The largest absolute Gasteiger partial charge is 0.490 e. The normalized spacial score (nSPS) is 18.9. The first-order valence-corrected chi connectivity index (χ1v) is 27.7. The van der Waals surface area contributed by atoms with Crippen LogP contribution in [-0.2, 0) is 64.8 Å². The molecule has 1 rings (SSSR count). The maximum absolute atomic E-state index is 12.1. The highest BCUT2D eigenvalue weighted by Gasteiger charge is 2.43. The van der Waals surface area contributed by atoms with Crippen LogP contribution in [0.4, 0.5) is 4.79 Å². The number of esters is 1. The summed E-state index contributed by atoms with van der Waals surface area (Å²) in [6.07, 6.45) is 2.34. The molecule has 0 spiro atoms. The van der Waals surface area contributed by atoms with Crippen molar-refractivity contribution in [2.45, 2.75) is 75.3 Å². The molecule has 1 amide bonds. The van der Waals surface area contributed by atoms with Crippen LogP contribution in [0.15, 0.2) is 0 Å². The maximum Gasteiger partial charge on any atom is 0.490 e. The second kappa shape index (κ2) is 32.6. The number of alkyl carbamates (subject to hydrolysis) is 1. The second-order valence-corrected chi connectivity index (χ2v) is 22.4. The number of ether oxygens (including phenoxy) is 7. The van der Waals surface area contributed by atoms with Crippen molar-refractivity contribution < 1.29 is 89.2 Å². The van der Waals surface area contributed by atoms with Crippen LogP contribution in [0, 0.1) is 11.7 Å². The van der Waals surface area contributed by atoms with Crippen LogP contribution in [0.2, 0.25) is 0 Å². The van der Waals surface area contributed by atoms with Gasteiger partial charge in [0.05, 0.1) is 58.8 Å². The third-order valence-corrected chi connectivity index (χ3v) is 15.3. The van der Waals surface area contributed by atoms with Gasteiger partial charge in [-0.25, -0.2) is 18.5 Å². The number of amides is 1. The predicted octanol–water partition coefficient (Wildman–Crippen LogP) is 4.07. The molecular weight excluding hydrogens is 924 g/mol. The monoisotopic (exact) mass is 981 g/mol. The van der Waals surface area contributed by atoms with E-state index in [0.717, 1.165) is 6.54 Å². The number of rotatable bonds is 35. The molecular formula is C30H57BN2O19P3S4. The molecule has 59 heavy (non-hydrogen) atoms. The van der Waals surface area contributed by atoms with Crippen molar-refractivity contribution in [1.29, 1.82) is 0 Å². The fourth-order valence-electron chi connectivity index (χ4n) is 4.25. The summed E-state index contributed by atoms with van der Waals surface area (Å²) in [5.74, 6) is 5.96. The summed E-state index contributed by atoms with van der Waals surface area (Å²) < 4.78 is 85.0. The molecule has 343 valence electrons. The van der Waals surface area contributed by atoms with Crippen molar-refractivity contribution in [3.63, 3.8) is 0 Å². The molecule has 1 radical (unpaired) electrons. The maximum atomic E-state index is 12.1. The fraction of sp³-hybridized carbons (Fsp3) is 0.867. The van der Waals surface area contributed by atoms with Gasteiger partial charge in [-0.05, 0) is 52.8 Å². The Morgan fingerprint density at radius 2 is 1.59 bits per heavy atom. The highest BCUT2D eigenvalue weighted by Crippen LogP contribution is 2.66. The Kier molecular flexibility index (Phi) is 31.4. The van der Waals surface area contributed by atoms with Crippen molar-refractivity contribution in [3.8, 4) is 11.7 Å². The van der Waals surface area contributed by atoms with Crippen molar-refractivity contribution in [2.24, 2.45) is 0 Å². The average molecular weight is 982 g/mol. The number of phosphoric ester groups is 1. The van der Waals surface area contributed by atoms with Crippen LogP contribution in [0.5, 0.6) is 0 Å². The number of carbonyl (C=O) groups excluding carboxylic acids is 2. The summed E-state index contributed by atoms with van der Waals surface area (Å²) in [4.78, 5) is 60.5. The molecule has 21 nitrogen and oxygen atoms in total. The van der Waals surface area contributed by atoms with Gasteiger partial charge in [0.2, 0.25) is 0 Å². The first kappa shape index (κ1) is 57.0. The Morgan fingerprint density at radius 1 is 0.881 bits per heavy atom. The minimum atomic E-state index is -5.66. The van der Waals surface area contributed by atoms with Gasteiger partial charge in [0.25, 0.3) is 7.28 Å². The molecule has 1 saturated heterocycles. The molecule has 0 saturated carbocycles. The van der Waals surface area contributed by atoms with E-state index in [-0.39, 0.29) is 43.2 Å². The lowest BCUT2D eigenvalue weighted by Crippen LogP contribution is -2.29. The average Bonchev–Trinajstić information content (AvgIpc) is 3.52. The van der Waals surface area contributed by atoms with Gasteiger partial charge in [0.1, 0.15) is 18.0 Å². The number of likely N-dealkylation sites (N-methyl/N-ethyl adjacent to an activating group) is 1. The summed E-state index contributed by atoms with van der Waals surface area (Å²) in [7, 11) is -7.11. The van der Waals surface area contributed by atoms with Gasteiger partial charge in [-0.1, -0.05) is 43.2 Å². The molecule has 0 aromatic carbocycles. The molecule has 5 atom stereocenters. The van der Waals surface area contributed by atoms with Crippen molar-refractivity contribution in [3.05, 3.63) is 0 Å². The molecule has 1 aliphatic rings. The molecule has 0 bridgehead atoms. The Morgan fingerprint density at radius 3 is 2.29 bits per heavy atom. The van der Waals surface area contributed by atoms with E-state index in [1.54, 1.807) is 21.6 Å². The van der Waals surface area contributed by atoms with Crippen molar-refractivity contribution in [2.75, 3.05) is 91.1 Å². The summed E-state index contributed by atoms with van der Waals surface area (Å²) in [5, 5.41) is 5.65. The van der Waals surface area contributed by atoms with Gasteiger partial charge >= 0.3 is 35.5 Å². The zero-order chi connectivity index (χ0) is 44.0. The lowest BCUT2D eigenvalue weighted by atomic mass is 9.71. The first-order valence-electron chi connectivity index (χ1n) is 18.1. The van der Waals surface area contributed by atoms with Crippen molar-refractivity contribution >= 4 is 86.0 Å². The minimum absolute atomic E-state index is 0.0749. The van der Waals surface area contributed by atoms with E-state index >= 15 is 0 Å². The SMILES string of the molecule is CNCCOCCOCCNC(=O)OCCC(C)(C)SSCOCCCCOC(=O)CCC#C[B][C@H]1C[C@H](OCSSC)[C@@H](COP(=O)(O)OP(=O)(O)OP(=O)(O)O)O1. The molecule has 2 unspecified atom stereocenters. The molecule has 6 N–H and O–H groups in total. The topological polar surface area (TPSA) is 283 Å². The number of carbonyl (C=O) groups is 2. The van der Waals surface area contributed by atoms with E-state index in [4.69, 9.17) is 47.5 Å². The molecule has 1 aliphatic heterocycles. The molecule has 0 aromatic rings. The summed E-state index contributed by atoms with van der Waals surface area (Å²) in [6.45, 7) is 7.60. The van der Waals surface area contributed by atoms with Gasteiger partial charge in [0, 0.05) is 36.9 Å². The molecule has 0 aliphatic carbocycles. The zero-order valence-corrected chi connectivity index (χ0v) is 39.4. The Labute approximate surface area is 362 Å². The highest BCUT2D eigenvalue weighted by molar-refractivity contribution is 8.77. The smallest absolute Gasteiger partial charge is 0.466 e. The van der Waals surface area contributed by atoms with E-state index in [2.05, 4.69) is 44.8 Å². The number of hydrogen-bond donors (Lipinski definition) is 6. The summed E-state index contributed by atoms with van der Waals surface area (Å²) in [6, 6.07) is -0.597. The third kappa shape index (κ3) is 33.2. The Balaban J connectivity index is 2.18. The quantitative estimate of drug-likeness (QED) is 0.00993. The number of phosphoric acid groups is 3. The molecule has 1 heterocycles. The molecule has 0 aromatic heterocycles. The van der Waals surface area contributed by atoms with Crippen LogP contribution in [0.1, 0.15) is 52.4 Å². The number of hydrogen-bond acceptors (Lipinski definition) is 20. The van der Waals surface area contributed by atoms with Crippen LogP contribution < -0.4 is 10.6 Å².